The van der Waals surface area contributed by atoms with Crippen molar-refractivity contribution in [2.75, 3.05) is 11.4 Å². The smallest absolute Gasteiger partial charge is 0.246 e. The standard InChI is InChI=1S/C44H35ClN2O6/c45-28-10-6-11-29(23-28)47-41(51)35-24-34-32(18-19-33-37(34)42(52)46(40(33)50)22-21-25-13-16-30(48)17-14-25)39(44(35,43(47)53)27-8-2-1-3-9-27)38-31-12-5-4-7-26(31)15-20-36(38)49/h1-18,20,23,33-35,37,39,48-49H,19,21-22,24H2/t33-,34+,35-,37-,39+,44+/m0/s1. The lowest BCUT2D eigenvalue weighted by Gasteiger charge is -2.51. The van der Waals surface area contributed by atoms with Crippen LogP contribution in [-0.2, 0) is 31.0 Å². The van der Waals surface area contributed by atoms with E-state index in [0.29, 0.717) is 28.3 Å². The Morgan fingerprint density at radius 3 is 2.28 bits per heavy atom. The van der Waals surface area contributed by atoms with Gasteiger partial charge in [0.05, 0.1) is 28.9 Å². The highest BCUT2D eigenvalue weighted by atomic mass is 35.5. The topological polar surface area (TPSA) is 115 Å². The van der Waals surface area contributed by atoms with Gasteiger partial charge in [-0.1, -0.05) is 102 Å². The number of likely N-dealkylation sites (tertiary alicyclic amines) is 1. The van der Waals surface area contributed by atoms with E-state index < -0.39 is 46.8 Å². The van der Waals surface area contributed by atoms with Crippen LogP contribution in [0.5, 0.6) is 11.5 Å². The Bertz CT molecular complexity index is 2380. The fourth-order valence-corrected chi connectivity index (χ4v) is 10.0. The van der Waals surface area contributed by atoms with E-state index >= 15 is 9.59 Å². The van der Waals surface area contributed by atoms with Gasteiger partial charge in [0.15, 0.2) is 0 Å². The second-order valence-electron chi connectivity index (χ2n) is 14.6. The number of phenols is 2. The molecule has 1 saturated carbocycles. The SMILES string of the molecule is O=C1[C@H]2[C@H](CC=C3[C@H]2C[C@H]2C(=O)N(c4cccc(Cl)c4)C(=O)[C@@]2(c2ccccc2)[C@H]3c2c(O)ccc3ccccc23)C(=O)N1CCc1ccc(O)cc1. The fourth-order valence-electron chi connectivity index (χ4n) is 9.83. The van der Waals surface area contributed by atoms with Crippen molar-refractivity contribution in [1.29, 1.82) is 0 Å². The summed E-state index contributed by atoms with van der Waals surface area (Å²) in [5.74, 6) is -4.93. The summed E-state index contributed by atoms with van der Waals surface area (Å²) in [6.07, 6.45) is 2.88. The molecular weight excluding hydrogens is 688 g/mol. The van der Waals surface area contributed by atoms with Crippen LogP contribution >= 0.6 is 11.6 Å². The van der Waals surface area contributed by atoms with E-state index in [1.54, 1.807) is 54.6 Å². The molecule has 0 unspecified atom stereocenters. The molecule has 4 amide bonds. The van der Waals surface area contributed by atoms with Crippen LogP contribution in [0, 0.1) is 23.7 Å². The van der Waals surface area contributed by atoms with Crippen LogP contribution < -0.4 is 4.90 Å². The molecule has 8 nitrogen and oxygen atoms in total. The number of hydrogen-bond donors (Lipinski definition) is 2. The van der Waals surface area contributed by atoms with Crippen LogP contribution in [0.15, 0.2) is 127 Å². The third-order valence-corrected chi connectivity index (χ3v) is 12.3. The number of halogens is 1. The summed E-state index contributed by atoms with van der Waals surface area (Å²) in [5, 5.41) is 23.6. The van der Waals surface area contributed by atoms with Gasteiger partial charge in [0.25, 0.3) is 0 Å². The van der Waals surface area contributed by atoms with Crippen molar-refractivity contribution in [3.05, 3.63) is 149 Å². The number of allylic oxidation sites excluding steroid dienone is 2. The van der Waals surface area contributed by atoms with Crippen molar-refractivity contribution >= 4 is 51.7 Å². The van der Waals surface area contributed by atoms with Crippen molar-refractivity contribution in [3.8, 4) is 11.5 Å². The van der Waals surface area contributed by atoms with Crippen molar-refractivity contribution in [1.82, 2.24) is 4.90 Å². The lowest BCUT2D eigenvalue weighted by atomic mass is 9.48. The second kappa shape index (κ2) is 12.5. The third kappa shape index (κ3) is 4.88. The summed E-state index contributed by atoms with van der Waals surface area (Å²) >= 11 is 6.43. The molecule has 6 atom stereocenters. The summed E-state index contributed by atoms with van der Waals surface area (Å²) in [5.41, 5.74) is 1.67. The Balaban J connectivity index is 1.24. The number of hydrogen-bond acceptors (Lipinski definition) is 6. The third-order valence-electron chi connectivity index (χ3n) is 12.1. The highest BCUT2D eigenvalue weighted by Gasteiger charge is 2.70. The van der Waals surface area contributed by atoms with Gasteiger partial charge in [-0.25, -0.2) is 4.90 Å². The van der Waals surface area contributed by atoms with E-state index in [1.807, 2.05) is 66.7 Å². The van der Waals surface area contributed by atoms with Gasteiger partial charge in [0, 0.05) is 23.0 Å². The quantitative estimate of drug-likeness (QED) is 0.140. The summed E-state index contributed by atoms with van der Waals surface area (Å²) in [7, 11) is 0. The monoisotopic (exact) mass is 722 g/mol. The first-order valence-electron chi connectivity index (χ1n) is 17.9. The number of benzene rings is 5. The molecule has 264 valence electrons. The summed E-state index contributed by atoms with van der Waals surface area (Å²) in [6, 6.07) is 33.8. The second-order valence-corrected chi connectivity index (χ2v) is 15.0. The minimum absolute atomic E-state index is 0.0165. The molecule has 5 aromatic carbocycles. The minimum Gasteiger partial charge on any atom is -0.508 e. The van der Waals surface area contributed by atoms with Gasteiger partial charge in [0.2, 0.25) is 23.6 Å². The van der Waals surface area contributed by atoms with Crippen molar-refractivity contribution in [2.45, 2.75) is 30.6 Å². The van der Waals surface area contributed by atoms with E-state index in [9.17, 15) is 19.8 Å². The first-order valence-corrected chi connectivity index (χ1v) is 18.3. The van der Waals surface area contributed by atoms with Gasteiger partial charge in [0.1, 0.15) is 11.5 Å². The Kier molecular flexibility index (Phi) is 7.78. The van der Waals surface area contributed by atoms with Crippen molar-refractivity contribution < 1.29 is 29.4 Å². The number of carbonyl (C=O) groups is 4. The number of nitrogens with zero attached hydrogens (tertiary/aromatic N) is 2. The number of amides is 4. The van der Waals surface area contributed by atoms with E-state index in [-0.39, 0.29) is 42.7 Å². The normalized spacial score (nSPS) is 26.4. The molecule has 0 radical (unpaired) electrons. The lowest BCUT2D eigenvalue weighted by molar-refractivity contribution is -0.140. The first-order chi connectivity index (χ1) is 25.7. The van der Waals surface area contributed by atoms with E-state index in [4.69, 9.17) is 11.6 Å². The zero-order valence-corrected chi connectivity index (χ0v) is 29.3. The maximum atomic E-state index is 15.5. The van der Waals surface area contributed by atoms with E-state index in [1.165, 1.54) is 9.80 Å². The number of phenolic OH excluding ortho intramolecular Hbond substituents is 2. The van der Waals surface area contributed by atoms with Crippen molar-refractivity contribution in [2.24, 2.45) is 23.7 Å². The Labute approximate surface area is 310 Å². The average Bonchev–Trinajstić information content (AvgIpc) is 3.55. The molecule has 9 heteroatoms. The van der Waals surface area contributed by atoms with Gasteiger partial charge < -0.3 is 10.2 Å². The summed E-state index contributed by atoms with van der Waals surface area (Å²) in [6.45, 7) is 0.183. The highest BCUT2D eigenvalue weighted by Crippen LogP contribution is 2.65. The van der Waals surface area contributed by atoms with Crippen LogP contribution in [0.2, 0.25) is 5.02 Å². The average molecular weight is 723 g/mol. The zero-order chi connectivity index (χ0) is 36.6. The van der Waals surface area contributed by atoms with Crippen LogP contribution in [-0.4, -0.2) is 45.3 Å². The molecule has 2 aliphatic heterocycles. The van der Waals surface area contributed by atoms with Gasteiger partial charge in [-0.3, -0.25) is 24.1 Å². The molecular formula is C44H35ClN2O6. The van der Waals surface area contributed by atoms with Crippen molar-refractivity contribution in [3.63, 3.8) is 0 Å². The number of anilines is 1. The summed E-state index contributed by atoms with van der Waals surface area (Å²) < 4.78 is 0. The van der Waals surface area contributed by atoms with Gasteiger partial charge in [-0.05, 0) is 83.5 Å². The maximum Gasteiger partial charge on any atom is 0.246 e. The molecule has 0 spiro atoms. The number of rotatable bonds is 6. The van der Waals surface area contributed by atoms with Gasteiger partial charge >= 0.3 is 0 Å². The molecule has 2 saturated heterocycles. The van der Waals surface area contributed by atoms with Crippen LogP contribution in [0.1, 0.15) is 35.4 Å². The fraction of sp³-hybridized carbons (Fsp3) is 0.227. The van der Waals surface area contributed by atoms with E-state index in [0.717, 1.165) is 21.9 Å². The number of aromatic hydroxyl groups is 2. The van der Waals surface area contributed by atoms with Crippen LogP contribution in [0.3, 0.4) is 0 Å². The number of fused-ring (bicyclic) bond motifs is 5. The van der Waals surface area contributed by atoms with Crippen LogP contribution in [0.4, 0.5) is 5.69 Å². The predicted octanol–water partition coefficient (Wildman–Crippen LogP) is 7.31. The Hall–Kier alpha value is -5.73. The highest BCUT2D eigenvalue weighted by molar-refractivity contribution is 6.32. The molecule has 2 heterocycles. The molecule has 53 heavy (non-hydrogen) atoms. The largest absolute Gasteiger partial charge is 0.508 e. The Morgan fingerprint density at radius 2 is 1.51 bits per heavy atom. The minimum atomic E-state index is -1.50. The molecule has 9 rings (SSSR count). The van der Waals surface area contributed by atoms with Gasteiger partial charge in [-0.15, -0.1) is 0 Å². The maximum absolute atomic E-state index is 15.5. The lowest BCUT2D eigenvalue weighted by Crippen LogP contribution is -2.53. The molecule has 0 bridgehead atoms. The first kappa shape index (κ1) is 33.1. The van der Waals surface area contributed by atoms with E-state index in [2.05, 4.69) is 0 Å². The molecule has 5 aromatic rings. The van der Waals surface area contributed by atoms with Crippen LogP contribution in [0.25, 0.3) is 10.8 Å². The molecule has 2 aliphatic carbocycles. The molecule has 3 fully saturated rings. The predicted molar refractivity (Wildman–Crippen MR) is 200 cm³/mol. The number of carbonyl (C=O) groups excluding carboxylic acids is 4. The Morgan fingerprint density at radius 1 is 0.755 bits per heavy atom. The zero-order valence-electron chi connectivity index (χ0n) is 28.6. The van der Waals surface area contributed by atoms with Gasteiger partial charge in [-0.2, -0.15) is 0 Å². The number of imide groups is 2. The molecule has 2 N–H and O–H groups in total. The molecule has 0 aromatic heterocycles. The summed E-state index contributed by atoms with van der Waals surface area (Å²) in [4.78, 5) is 61.7. The molecule has 4 aliphatic rings.